The number of ketones is 1. The molecule has 0 fully saturated rings. The van der Waals surface area contributed by atoms with Gasteiger partial charge in [-0.25, -0.2) is 0 Å². The fourth-order valence-corrected chi connectivity index (χ4v) is 1.85. The number of anilines is 1. The average molecular weight is 248 g/mol. The Hall–Kier alpha value is -1.68. The molecule has 0 aliphatic heterocycles. The zero-order valence-electron chi connectivity index (χ0n) is 10.2. The summed E-state index contributed by atoms with van der Waals surface area (Å²) in [5.41, 5.74) is 2.16. The highest BCUT2D eigenvalue weighted by Gasteiger charge is 2.13. The van der Waals surface area contributed by atoms with Crippen LogP contribution in [-0.4, -0.2) is 17.8 Å². The van der Waals surface area contributed by atoms with Crippen molar-refractivity contribution in [1.29, 1.82) is 0 Å². The maximum atomic E-state index is 11.6. The number of rotatable bonds is 4. The molecule has 0 atom stereocenters. The lowest BCUT2D eigenvalue weighted by molar-refractivity contribution is -0.113. The van der Waals surface area contributed by atoms with Gasteiger partial charge in [0.25, 0.3) is 0 Å². The molecule has 1 rings (SSSR count). The quantitative estimate of drug-likeness (QED) is 0.634. The fraction of sp³-hybridized carbons (Fsp3) is 0.231. The molecule has 0 bridgehead atoms. The van der Waals surface area contributed by atoms with Crippen molar-refractivity contribution in [2.75, 3.05) is 12.4 Å². The van der Waals surface area contributed by atoms with Gasteiger partial charge in [0.05, 0.1) is 5.57 Å². The van der Waals surface area contributed by atoms with Gasteiger partial charge in [0.15, 0.2) is 5.78 Å². The number of thiocarbonyl (C=S) groups is 1. The predicted octanol–water partition coefficient (Wildman–Crippen LogP) is 2.51. The Morgan fingerprint density at radius 2 is 1.76 bits per heavy atom. The molecular formula is C13H16N2OS. The van der Waals surface area contributed by atoms with Crippen LogP contribution >= 0.6 is 12.2 Å². The van der Waals surface area contributed by atoms with Crippen molar-refractivity contribution in [3.8, 4) is 0 Å². The van der Waals surface area contributed by atoms with Gasteiger partial charge in [-0.2, -0.15) is 0 Å². The van der Waals surface area contributed by atoms with Gasteiger partial charge in [0.1, 0.15) is 4.99 Å². The number of carbonyl (C=O) groups is 1. The molecule has 2 N–H and O–H groups in total. The Kier molecular flexibility index (Phi) is 4.84. The molecule has 0 amide bonds. The van der Waals surface area contributed by atoms with E-state index in [-0.39, 0.29) is 5.78 Å². The minimum atomic E-state index is -0.0507. The van der Waals surface area contributed by atoms with E-state index in [1.54, 1.807) is 7.05 Å². The molecule has 0 radical (unpaired) electrons. The number of carbonyl (C=O) groups excluding carboxylic acids is 1. The van der Waals surface area contributed by atoms with Gasteiger partial charge in [0.2, 0.25) is 0 Å². The van der Waals surface area contributed by atoms with Crippen LogP contribution in [0.3, 0.4) is 0 Å². The lowest BCUT2D eigenvalue weighted by Gasteiger charge is -2.12. The van der Waals surface area contributed by atoms with E-state index < -0.39 is 0 Å². The van der Waals surface area contributed by atoms with Crippen LogP contribution in [0.4, 0.5) is 5.69 Å². The van der Waals surface area contributed by atoms with Crippen LogP contribution in [0.1, 0.15) is 13.8 Å². The number of benzene rings is 1. The summed E-state index contributed by atoms with van der Waals surface area (Å²) in [6.07, 6.45) is 0. The molecule has 0 aliphatic rings. The first-order chi connectivity index (χ1) is 8.06. The highest BCUT2D eigenvalue weighted by Crippen LogP contribution is 2.11. The molecule has 90 valence electrons. The smallest absolute Gasteiger partial charge is 0.164 e. The monoisotopic (exact) mass is 248 g/mol. The number of para-hydroxylation sites is 1. The maximum absolute atomic E-state index is 11.6. The van der Waals surface area contributed by atoms with Gasteiger partial charge in [-0.15, -0.1) is 0 Å². The zero-order chi connectivity index (χ0) is 12.8. The van der Waals surface area contributed by atoms with E-state index >= 15 is 0 Å². The largest absolute Gasteiger partial charge is 0.391 e. The normalized spacial score (nSPS) is 11.5. The van der Waals surface area contributed by atoms with E-state index in [2.05, 4.69) is 10.6 Å². The number of hydrogen-bond donors (Lipinski definition) is 2. The highest BCUT2D eigenvalue weighted by atomic mass is 32.1. The molecule has 0 saturated heterocycles. The van der Waals surface area contributed by atoms with Crippen LogP contribution in [0.25, 0.3) is 0 Å². The minimum Gasteiger partial charge on any atom is -0.391 e. The van der Waals surface area contributed by atoms with E-state index in [1.165, 1.54) is 6.92 Å². The van der Waals surface area contributed by atoms with Crippen LogP contribution in [0, 0.1) is 0 Å². The summed E-state index contributed by atoms with van der Waals surface area (Å²) in [4.78, 5) is 12.0. The second kappa shape index (κ2) is 6.15. The van der Waals surface area contributed by atoms with Crippen molar-refractivity contribution in [2.24, 2.45) is 0 Å². The van der Waals surface area contributed by atoms with Crippen molar-refractivity contribution < 1.29 is 4.79 Å². The third-order valence-electron chi connectivity index (χ3n) is 2.36. The first-order valence-electron chi connectivity index (χ1n) is 5.32. The van der Waals surface area contributed by atoms with Crippen molar-refractivity contribution in [3.63, 3.8) is 0 Å². The number of hydrogen-bond acceptors (Lipinski definition) is 3. The highest BCUT2D eigenvalue weighted by molar-refractivity contribution is 7.81. The summed E-state index contributed by atoms with van der Waals surface area (Å²) < 4.78 is 0. The van der Waals surface area contributed by atoms with Gasteiger partial charge in [-0.3, -0.25) is 4.79 Å². The second-order valence-corrected chi connectivity index (χ2v) is 4.03. The van der Waals surface area contributed by atoms with Crippen LogP contribution in [0.15, 0.2) is 41.6 Å². The van der Waals surface area contributed by atoms with Crippen molar-refractivity contribution >= 4 is 28.7 Å². The number of Topliss-reactive ketones (excluding diaryl/α,β-unsaturated/α-hetero) is 1. The molecule has 0 heterocycles. The zero-order valence-corrected chi connectivity index (χ0v) is 11.0. The van der Waals surface area contributed by atoms with Crippen molar-refractivity contribution in [1.82, 2.24) is 5.32 Å². The van der Waals surface area contributed by atoms with Gasteiger partial charge >= 0.3 is 0 Å². The molecular weight excluding hydrogens is 232 g/mol. The van der Waals surface area contributed by atoms with Crippen LogP contribution < -0.4 is 10.6 Å². The summed E-state index contributed by atoms with van der Waals surface area (Å²) in [6.45, 7) is 3.34. The van der Waals surface area contributed by atoms with Crippen molar-refractivity contribution in [2.45, 2.75) is 13.8 Å². The van der Waals surface area contributed by atoms with Crippen LogP contribution in [0.2, 0.25) is 0 Å². The summed E-state index contributed by atoms with van der Waals surface area (Å²) >= 11 is 5.25. The van der Waals surface area contributed by atoms with Gasteiger partial charge in [0, 0.05) is 18.4 Å². The van der Waals surface area contributed by atoms with Crippen molar-refractivity contribution in [3.05, 3.63) is 41.6 Å². The Bertz CT molecular complexity index is 452. The van der Waals surface area contributed by atoms with Crippen LogP contribution in [-0.2, 0) is 4.79 Å². The molecule has 17 heavy (non-hydrogen) atoms. The average Bonchev–Trinajstić information content (AvgIpc) is 2.29. The Balaban J connectivity index is 2.92. The molecule has 0 unspecified atom stereocenters. The Morgan fingerprint density at radius 1 is 1.18 bits per heavy atom. The fourth-order valence-electron chi connectivity index (χ4n) is 1.43. The number of nitrogens with one attached hydrogen (secondary N) is 2. The topological polar surface area (TPSA) is 41.1 Å². The lowest BCUT2D eigenvalue weighted by atomic mass is 10.1. The summed E-state index contributed by atoms with van der Waals surface area (Å²) in [5.74, 6) is -0.0507. The molecule has 0 aliphatic carbocycles. The molecule has 1 aromatic carbocycles. The third-order valence-corrected chi connectivity index (χ3v) is 2.67. The SMILES string of the molecule is CN/C(C)=C(\C(C)=O)C(=S)Nc1ccccc1. The lowest BCUT2D eigenvalue weighted by Crippen LogP contribution is -2.22. The predicted molar refractivity (Wildman–Crippen MR) is 75.1 cm³/mol. The third kappa shape index (κ3) is 3.67. The summed E-state index contributed by atoms with van der Waals surface area (Å²) in [5, 5.41) is 6.00. The molecule has 0 saturated carbocycles. The Morgan fingerprint density at radius 3 is 2.24 bits per heavy atom. The standard InChI is InChI=1S/C13H16N2OS/c1-9(14-3)12(10(2)16)13(17)15-11-7-5-4-6-8-11/h4-8,14H,1-3H3,(H,15,17)/b12-9+. The summed E-state index contributed by atoms with van der Waals surface area (Å²) in [6, 6.07) is 9.55. The van der Waals surface area contributed by atoms with E-state index in [9.17, 15) is 4.79 Å². The second-order valence-electron chi connectivity index (χ2n) is 3.63. The first kappa shape index (κ1) is 13.4. The summed E-state index contributed by atoms with van der Waals surface area (Å²) in [7, 11) is 1.77. The molecule has 0 spiro atoms. The molecule has 4 heteroatoms. The Labute approximate surface area is 107 Å². The minimum absolute atomic E-state index is 0.0507. The van der Waals surface area contributed by atoms with E-state index in [1.807, 2.05) is 37.3 Å². The maximum Gasteiger partial charge on any atom is 0.164 e. The van der Waals surface area contributed by atoms with E-state index in [4.69, 9.17) is 12.2 Å². The van der Waals surface area contributed by atoms with Gasteiger partial charge in [-0.1, -0.05) is 30.4 Å². The molecule has 1 aromatic rings. The first-order valence-corrected chi connectivity index (χ1v) is 5.73. The van der Waals surface area contributed by atoms with Gasteiger partial charge < -0.3 is 10.6 Å². The molecule has 0 aromatic heterocycles. The molecule has 3 nitrogen and oxygen atoms in total. The number of allylic oxidation sites excluding steroid dienone is 1. The van der Waals surface area contributed by atoms with E-state index in [0.717, 1.165) is 11.4 Å². The van der Waals surface area contributed by atoms with Gasteiger partial charge in [-0.05, 0) is 26.0 Å². The van der Waals surface area contributed by atoms with E-state index in [0.29, 0.717) is 10.6 Å². The van der Waals surface area contributed by atoms with Crippen LogP contribution in [0.5, 0.6) is 0 Å².